The number of hydrogen-bond donors (Lipinski definition) is 1. The van der Waals surface area contributed by atoms with E-state index >= 15 is 0 Å². The molecule has 1 heterocycles. The number of amides is 2. The predicted molar refractivity (Wildman–Crippen MR) is 106 cm³/mol. The van der Waals surface area contributed by atoms with Gasteiger partial charge in [-0.2, -0.15) is 0 Å². The van der Waals surface area contributed by atoms with Gasteiger partial charge in [-0.25, -0.2) is 0 Å². The minimum absolute atomic E-state index is 0.0676. The molecule has 2 aromatic carbocycles. The first-order valence-corrected chi connectivity index (χ1v) is 9.03. The van der Waals surface area contributed by atoms with Crippen molar-refractivity contribution in [3.8, 4) is 11.5 Å². The van der Waals surface area contributed by atoms with Gasteiger partial charge >= 0.3 is 5.97 Å². The number of esters is 1. The van der Waals surface area contributed by atoms with Crippen LogP contribution in [-0.4, -0.2) is 44.7 Å². The molecule has 2 amide bonds. The molecule has 3 rings (SSSR count). The molecule has 0 unspecified atom stereocenters. The van der Waals surface area contributed by atoms with Crippen LogP contribution in [0.4, 0.5) is 11.4 Å². The van der Waals surface area contributed by atoms with Gasteiger partial charge in [0, 0.05) is 11.6 Å². The maximum Gasteiger partial charge on any atom is 0.311 e. The lowest BCUT2D eigenvalue weighted by molar-refractivity contribution is -0.153. The van der Waals surface area contributed by atoms with Gasteiger partial charge < -0.3 is 19.5 Å². The van der Waals surface area contributed by atoms with Gasteiger partial charge in [-0.15, -0.1) is 0 Å². The molecule has 0 radical (unpaired) electrons. The highest BCUT2D eigenvalue weighted by molar-refractivity contribution is 6.11. The molecule has 0 aliphatic carbocycles. The summed E-state index contributed by atoms with van der Waals surface area (Å²) in [5, 5.41) is 2.71. The van der Waals surface area contributed by atoms with Crippen LogP contribution in [0, 0.1) is 0 Å². The standard InChI is InChI=1S/C21H22N2O6/c1-13(21(26)23-12-19(24)22-16-6-4-5-7-17(16)23)29-20(25)10-14-8-9-15(27-2)11-18(14)28-3/h4-9,11,13H,10,12H2,1-3H3,(H,22,24)/t13-/m0/s1. The number of benzene rings is 2. The van der Waals surface area contributed by atoms with E-state index in [0.717, 1.165) is 0 Å². The van der Waals surface area contributed by atoms with Crippen molar-refractivity contribution in [3.63, 3.8) is 0 Å². The second kappa shape index (κ2) is 8.64. The van der Waals surface area contributed by atoms with E-state index in [4.69, 9.17) is 14.2 Å². The van der Waals surface area contributed by atoms with E-state index in [9.17, 15) is 14.4 Å². The van der Waals surface area contributed by atoms with Crippen molar-refractivity contribution in [2.45, 2.75) is 19.4 Å². The molecule has 0 spiro atoms. The summed E-state index contributed by atoms with van der Waals surface area (Å²) in [6, 6.07) is 12.0. The molecule has 0 saturated heterocycles. The number of nitrogens with one attached hydrogen (secondary N) is 1. The van der Waals surface area contributed by atoms with Crippen molar-refractivity contribution in [2.75, 3.05) is 31.0 Å². The van der Waals surface area contributed by atoms with E-state index in [1.54, 1.807) is 42.5 Å². The Morgan fingerprint density at radius 1 is 1.14 bits per heavy atom. The molecule has 0 aromatic heterocycles. The molecule has 8 heteroatoms. The lowest BCUT2D eigenvalue weighted by atomic mass is 10.1. The summed E-state index contributed by atoms with van der Waals surface area (Å²) < 4.78 is 15.7. The molecule has 0 saturated carbocycles. The van der Waals surface area contributed by atoms with Crippen molar-refractivity contribution in [1.29, 1.82) is 0 Å². The first-order chi connectivity index (χ1) is 13.9. The average Bonchev–Trinajstić information content (AvgIpc) is 2.72. The van der Waals surface area contributed by atoms with Gasteiger partial charge in [0.2, 0.25) is 5.91 Å². The number of carbonyl (C=O) groups is 3. The van der Waals surface area contributed by atoms with Crippen LogP contribution in [0.15, 0.2) is 42.5 Å². The Bertz CT molecular complexity index is 943. The van der Waals surface area contributed by atoms with Crippen LogP contribution in [0.3, 0.4) is 0 Å². The zero-order valence-electron chi connectivity index (χ0n) is 16.4. The molecule has 8 nitrogen and oxygen atoms in total. The van der Waals surface area contributed by atoms with Crippen LogP contribution in [0.1, 0.15) is 12.5 Å². The fourth-order valence-electron chi connectivity index (χ4n) is 3.09. The Kier molecular flexibility index (Phi) is 6.01. The molecule has 0 fully saturated rings. The number of nitrogens with zero attached hydrogens (tertiary/aromatic N) is 1. The van der Waals surface area contributed by atoms with E-state index < -0.39 is 18.0 Å². The van der Waals surface area contributed by atoms with Gasteiger partial charge in [0.1, 0.15) is 18.0 Å². The Balaban J connectivity index is 1.69. The first kappa shape index (κ1) is 20.2. The molecule has 29 heavy (non-hydrogen) atoms. The van der Waals surface area contributed by atoms with Crippen LogP contribution < -0.4 is 19.7 Å². The zero-order valence-corrected chi connectivity index (χ0v) is 16.4. The summed E-state index contributed by atoms with van der Waals surface area (Å²) >= 11 is 0. The van der Waals surface area contributed by atoms with Gasteiger partial charge in [0.05, 0.1) is 32.0 Å². The van der Waals surface area contributed by atoms with Crippen molar-refractivity contribution in [2.24, 2.45) is 0 Å². The molecule has 2 aromatic rings. The van der Waals surface area contributed by atoms with Gasteiger partial charge in [-0.1, -0.05) is 18.2 Å². The van der Waals surface area contributed by atoms with Gasteiger partial charge in [-0.3, -0.25) is 19.3 Å². The Labute approximate surface area is 168 Å². The van der Waals surface area contributed by atoms with Gasteiger partial charge in [0.25, 0.3) is 5.91 Å². The van der Waals surface area contributed by atoms with Crippen LogP contribution in [0.25, 0.3) is 0 Å². The van der Waals surface area contributed by atoms with E-state index in [-0.39, 0.29) is 18.9 Å². The van der Waals surface area contributed by atoms with Crippen molar-refractivity contribution < 1.29 is 28.6 Å². The highest BCUT2D eigenvalue weighted by Crippen LogP contribution is 2.30. The molecular formula is C21H22N2O6. The first-order valence-electron chi connectivity index (χ1n) is 9.03. The number of rotatable bonds is 6. The molecule has 1 N–H and O–H groups in total. The topological polar surface area (TPSA) is 94.2 Å². The fraction of sp³-hybridized carbons (Fsp3) is 0.286. The molecule has 1 atom stereocenters. The minimum atomic E-state index is -1.05. The van der Waals surface area contributed by atoms with E-state index in [0.29, 0.717) is 28.4 Å². The van der Waals surface area contributed by atoms with Gasteiger partial charge in [0.15, 0.2) is 6.10 Å². The number of anilines is 2. The van der Waals surface area contributed by atoms with Crippen LogP contribution in [0.2, 0.25) is 0 Å². The summed E-state index contributed by atoms with van der Waals surface area (Å²) in [5.41, 5.74) is 1.72. The molecule has 152 valence electrons. The minimum Gasteiger partial charge on any atom is -0.497 e. The summed E-state index contributed by atoms with van der Waals surface area (Å²) in [5.74, 6) is -0.267. The highest BCUT2D eigenvalue weighted by Gasteiger charge is 2.31. The van der Waals surface area contributed by atoms with Crippen molar-refractivity contribution >= 4 is 29.2 Å². The number of carbonyl (C=O) groups excluding carboxylic acids is 3. The third-order valence-electron chi connectivity index (χ3n) is 4.52. The normalized spacial score (nSPS) is 13.8. The lowest BCUT2D eigenvalue weighted by Crippen LogP contribution is -2.47. The quantitative estimate of drug-likeness (QED) is 0.750. The monoisotopic (exact) mass is 398 g/mol. The van der Waals surface area contributed by atoms with E-state index in [1.807, 2.05) is 0 Å². The number of methoxy groups -OCH3 is 2. The van der Waals surface area contributed by atoms with Crippen molar-refractivity contribution in [1.82, 2.24) is 0 Å². The number of fused-ring (bicyclic) bond motifs is 1. The Morgan fingerprint density at radius 3 is 2.62 bits per heavy atom. The largest absolute Gasteiger partial charge is 0.497 e. The maximum atomic E-state index is 12.8. The zero-order chi connectivity index (χ0) is 21.0. The van der Waals surface area contributed by atoms with Gasteiger partial charge in [-0.05, 0) is 25.1 Å². The smallest absolute Gasteiger partial charge is 0.311 e. The Morgan fingerprint density at radius 2 is 1.90 bits per heavy atom. The molecular weight excluding hydrogens is 376 g/mol. The molecule has 1 aliphatic rings. The number of hydrogen-bond acceptors (Lipinski definition) is 6. The SMILES string of the molecule is COc1ccc(CC(=O)O[C@@H](C)C(=O)N2CC(=O)Nc3ccccc32)c(OC)c1. The van der Waals surface area contributed by atoms with Crippen LogP contribution in [-0.2, 0) is 25.5 Å². The van der Waals surface area contributed by atoms with E-state index in [2.05, 4.69) is 5.32 Å². The second-order valence-corrected chi connectivity index (χ2v) is 6.48. The summed E-state index contributed by atoms with van der Waals surface area (Å²) in [6.07, 6.45) is -1.12. The highest BCUT2D eigenvalue weighted by atomic mass is 16.5. The predicted octanol–water partition coefficient (Wildman–Crippen LogP) is 2.16. The average molecular weight is 398 g/mol. The summed E-state index contributed by atoms with van der Waals surface area (Å²) in [6.45, 7) is 1.35. The maximum absolute atomic E-state index is 12.8. The van der Waals surface area contributed by atoms with Crippen LogP contribution in [0.5, 0.6) is 11.5 Å². The third-order valence-corrected chi connectivity index (χ3v) is 4.52. The number of ether oxygens (including phenoxy) is 3. The fourth-order valence-corrected chi connectivity index (χ4v) is 3.09. The molecule has 0 bridgehead atoms. The summed E-state index contributed by atoms with van der Waals surface area (Å²) in [4.78, 5) is 38.4. The van der Waals surface area contributed by atoms with Crippen LogP contribution >= 0.6 is 0 Å². The third kappa shape index (κ3) is 4.48. The lowest BCUT2D eigenvalue weighted by Gasteiger charge is -2.30. The summed E-state index contributed by atoms with van der Waals surface area (Å²) in [7, 11) is 3.03. The Hall–Kier alpha value is -3.55. The molecule has 1 aliphatic heterocycles. The van der Waals surface area contributed by atoms with Crippen molar-refractivity contribution in [3.05, 3.63) is 48.0 Å². The van der Waals surface area contributed by atoms with E-state index in [1.165, 1.54) is 26.0 Å². The second-order valence-electron chi connectivity index (χ2n) is 6.48. The number of para-hydroxylation sites is 2.